The van der Waals surface area contributed by atoms with E-state index in [2.05, 4.69) is 4.90 Å². The average Bonchev–Trinajstić information content (AvgIpc) is 2.51. The van der Waals surface area contributed by atoms with E-state index in [0.29, 0.717) is 6.54 Å². The number of fused-ring (bicyclic) bond motifs is 1. The standard InChI is InChI=1S/C9H11NO3/c1-5-6-3-10(2)4-7(6)8(13-5)9(11)12/h3-4H2,1-2H3,(H,11,12). The summed E-state index contributed by atoms with van der Waals surface area (Å²) in [7, 11) is 1.96. The Labute approximate surface area is 75.8 Å². The second kappa shape index (κ2) is 2.60. The van der Waals surface area contributed by atoms with Gasteiger partial charge in [0, 0.05) is 24.2 Å². The molecule has 0 saturated heterocycles. The van der Waals surface area contributed by atoms with E-state index in [-0.39, 0.29) is 5.76 Å². The summed E-state index contributed by atoms with van der Waals surface area (Å²) in [5, 5.41) is 8.84. The van der Waals surface area contributed by atoms with E-state index in [0.717, 1.165) is 23.4 Å². The summed E-state index contributed by atoms with van der Waals surface area (Å²) in [5.41, 5.74) is 1.88. The van der Waals surface area contributed by atoms with Gasteiger partial charge in [-0.1, -0.05) is 0 Å². The van der Waals surface area contributed by atoms with Crippen molar-refractivity contribution < 1.29 is 14.3 Å². The Balaban J connectivity index is 2.52. The molecule has 4 nitrogen and oxygen atoms in total. The molecule has 0 bridgehead atoms. The zero-order valence-corrected chi connectivity index (χ0v) is 7.63. The highest BCUT2D eigenvalue weighted by atomic mass is 16.4. The zero-order valence-electron chi connectivity index (χ0n) is 7.63. The van der Waals surface area contributed by atoms with Gasteiger partial charge in [-0.25, -0.2) is 4.79 Å². The Morgan fingerprint density at radius 3 is 2.69 bits per heavy atom. The van der Waals surface area contributed by atoms with Crippen LogP contribution in [0.25, 0.3) is 0 Å². The average molecular weight is 181 g/mol. The lowest BCUT2D eigenvalue weighted by Crippen LogP contribution is -2.09. The minimum atomic E-state index is -0.973. The van der Waals surface area contributed by atoms with Gasteiger partial charge in [-0.05, 0) is 14.0 Å². The predicted octanol–water partition coefficient (Wildman–Crippen LogP) is 1.23. The molecule has 2 heterocycles. The summed E-state index contributed by atoms with van der Waals surface area (Å²) in [5.74, 6) is -0.131. The summed E-state index contributed by atoms with van der Waals surface area (Å²) in [6, 6.07) is 0. The van der Waals surface area contributed by atoms with E-state index in [1.54, 1.807) is 0 Å². The number of carboxylic acids is 1. The van der Waals surface area contributed by atoms with Crippen molar-refractivity contribution in [2.24, 2.45) is 0 Å². The molecule has 2 rings (SSSR count). The highest BCUT2D eigenvalue weighted by Gasteiger charge is 2.28. The fourth-order valence-electron chi connectivity index (χ4n) is 1.77. The first-order chi connectivity index (χ1) is 6.09. The first-order valence-electron chi connectivity index (χ1n) is 4.12. The fraction of sp³-hybridized carbons (Fsp3) is 0.444. The number of rotatable bonds is 1. The normalized spacial score (nSPS) is 16.2. The van der Waals surface area contributed by atoms with Gasteiger partial charge in [-0.3, -0.25) is 4.90 Å². The molecule has 1 aliphatic heterocycles. The topological polar surface area (TPSA) is 53.7 Å². The first-order valence-corrected chi connectivity index (χ1v) is 4.12. The zero-order chi connectivity index (χ0) is 9.59. The molecule has 1 aliphatic rings. The number of hydrogen-bond donors (Lipinski definition) is 1. The molecule has 13 heavy (non-hydrogen) atoms. The summed E-state index contributed by atoms with van der Waals surface area (Å²) in [4.78, 5) is 12.8. The van der Waals surface area contributed by atoms with Crippen LogP contribution >= 0.6 is 0 Å². The number of hydrogen-bond acceptors (Lipinski definition) is 3. The van der Waals surface area contributed by atoms with E-state index >= 15 is 0 Å². The van der Waals surface area contributed by atoms with Crippen molar-refractivity contribution in [3.8, 4) is 0 Å². The minimum Gasteiger partial charge on any atom is -0.475 e. The molecular formula is C9H11NO3. The molecule has 0 fully saturated rings. The van der Waals surface area contributed by atoms with Crippen LogP contribution in [0.5, 0.6) is 0 Å². The van der Waals surface area contributed by atoms with Crippen molar-refractivity contribution in [1.29, 1.82) is 0 Å². The van der Waals surface area contributed by atoms with Crippen LogP contribution in [0.15, 0.2) is 4.42 Å². The molecule has 4 heteroatoms. The van der Waals surface area contributed by atoms with Crippen molar-refractivity contribution >= 4 is 5.97 Å². The van der Waals surface area contributed by atoms with Crippen molar-refractivity contribution in [2.45, 2.75) is 20.0 Å². The van der Waals surface area contributed by atoms with Crippen LogP contribution in [-0.2, 0) is 13.1 Å². The maximum absolute atomic E-state index is 10.8. The molecule has 1 N–H and O–H groups in total. The number of carboxylic acid groups (broad SMARTS) is 1. The van der Waals surface area contributed by atoms with Gasteiger partial charge in [-0.2, -0.15) is 0 Å². The maximum atomic E-state index is 10.8. The second-order valence-corrected chi connectivity index (χ2v) is 3.42. The molecule has 0 radical (unpaired) electrons. The molecule has 1 aromatic rings. The van der Waals surface area contributed by atoms with Gasteiger partial charge in [-0.15, -0.1) is 0 Å². The van der Waals surface area contributed by atoms with E-state index in [4.69, 9.17) is 9.52 Å². The molecule has 70 valence electrons. The highest BCUT2D eigenvalue weighted by Crippen LogP contribution is 2.30. The minimum absolute atomic E-state index is 0.108. The third-order valence-corrected chi connectivity index (χ3v) is 2.37. The number of nitrogens with zero attached hydrogens (tertiary/aromatic N) is 1. The quantitative estimate of drug-likeness (QED) is 0.708. The molecule has 1 aromatic heterocycles. The summed E-state index contributed by atoms with van der Waals surface area (Å²) < 4.78 is 5.17. The molecule has 0 amide bonds. The van der Waals surface area contributed by atoms with Crippen molar-refractivity contribution in [3.05, 3.63) is 22.6 Å². The summed E-state index contributed by atoms with van der Waals surface area (Å²) in [6.45, 7) is 3.27. The second-order valence-electron chi connectivity index (χ2n) is 3.42. The van der Waals surface area contributed by atoms with Gasteiger partial charge in [0.05, 0.1) is 0 Å². The van der Waals surface area contributed by atoms with E-state index in [9.17, 15) is 4.79 Å². The Kier molecular flexibility index (Phi) is 1.66. The van der Waals surface area contributed by atoms with Crippen LogP contribution < -0.4 is 0 Å². The third-order valence-electron chi connectivity index (χ3n) is 2.37. The number of aryl methyl sites for hydroxylation is 1. The van der Waals surface area contributed by atoms with Crippen molar-refractivity contribution in [2.75, 3.05) is 7.05 Å². The molecule has 0 saturated carbocycles. The van der Waals surface area contributed by atoms with Gasteiger partial charge in [0.25, 0.3) is 0 Å². The van der Waals surface area contributed by atoms with E-state index in [1.165, 1.54) is 0 Å². The van der Waals surface area contributed by atoms with Crippen LogP contribution in [0.3, 0.4) is 0 Å². The highest BCUT2D eigenvalue weighted by molar-refractivity contribution is 5.87. The largest absolute Gasteiger partial charge is 0.475 e. The molecule has 0 atom stereocenters. The lowest BCUT2D eigenvalue weighted by atomic mass is 10.1. The van der Waals surface area contributed by atoms with Gasteiger partial charge < -0.3 is 9.52 Å². The maximum Gasteiger partial charge on any atom is 0.372 e. The fourth-order valence-corrected chi connectivity index (χ4v) is 1.77. The van der Waals surface area contributed by atoms with Gasteiger partial charge in [0.15, 0.2) is 0 Å². The molecule has 0 unspecified atom stereocenters. The lowest BCUT2D eigenvalue weighted by molar-refractivity contribution is 0.0658. The molecule has 0 spiro atoms. The summed E-state index contributed by atoms with van der Waals surface area (Å²) >= 11 is 0. The monoisotopic (exact) mass is 181 g/mol. The number of furan rings is 1. The number of carbonyl (C=O) groups is 1. The van der Waals surface area contributed by atoms with Crippen LogP contribution in [0, 0.1) is 6.92 Å². The van der Waals surface area contributed by atoms with E-state index in [1.807, 2.05) is 14.0 Å². The van der Waals surface area contributed by atoms with Gasteiger partial charge in [0.1, 0.15) is 5.76 Å². The van der Waals surface area contributed by atoms with Crippen molar-refractivity contribution in [3.63, 3.8) is 0 Å². The first kappa shape index (κ1) is 8.31. The van der Waals surface area contributed by atoms with Gasteiger partial charge in [0.2, 0.25) is 5.76 Å². The van der Waals surface area contributed by atoms with Crippen LogP contribution in [0.4, 0.5) is 0 Å². The van der Waals surface area contributed by atoms with Crippen LogP contribution in [-0.4, -0.2) is 23.0 Å². The molecule has 0 aliphatic carbocycles. The Bertz CT molecular complexity index is 367. The Morgan fingerprint density at radius 2 is 2.08 bits per heavy atom. The lowest BCUT2D eigenvalue weighted by Gasteiger charge is -2.05. The number of aromatic carboxylic acids is 1. The third kappa shape index (κ3) is 1.14. The summed E-state index contributed by atoms with van der Waals surface area (Å²) in [6.07, 6.45) is 0. The van der Waals surface area contributed by atoms with E-state index < -0.39 is 5.97 Å². The molecular weight excluding hydrogens is 170 g/mol. The predicted molar refractivity (Wildman–Crippen MR) is 45.6 cm³/mol. The smallest absolute Gasteiger partial charge is 0.372 e. The van der Waals surface area contributed by atoms with Crippen molar-refractivity contribution in [1.82, 2.24) is 4.90 Å². The SMILES string of the molecule is Cc1oc(C(=O)O)c2c1CN(C)C2. The Morgan fingerprint density at radius 1 is 1.46 bits per heavy atom. The molecule has 0 aromatic carbocycles. The van der Waals surface area contributed by atoms with Crippen LogP contribution in [0.1, 0.15) is 27.4 Å². The van der Waals surface area contributed by atoms with Crippen LogP contribution in [0.2, 0.25) is 0 Å². The van der Waals surface area contributed by atoms with Gasteiger partial charge >= 0.3 is 5.97 Å². The Hall–Kier alpha value is -1.29.